The first-order chi connectivity index (χ1) is 7.39. The molecule has 0 rings (SSSR count). The van der Waals surface area contributed by atoms with Crippen LogP contribution >= 0.6 is 0 Å². The van der Waals surface area contributed by atoms with Crippen LogP contribution in [-0.4, -0.2) is 36.8 Å². The third kappa shape index (κ3) is 8.97. The van der Waals surface area contributed by atoms with E-state index >= 15 is 0 Å². The molecule has 2 nitrogen and oxygen atoms in total. The fourth-order valence-corrected chi connectivity index (χ4v) is 1.62. The van der Waals surface area contributed by atoms with Gasteiger partial charge in [-0.1, -0.05) is 13.8 Å². The highest BCUT2D eigenvalue weighted by atomic mass is 19.4. The van der Waals surface area contributed by atoms with Crippen molar-refractivity contribution >= 4 is 0 Å². The van der Waals surface area contributed by atoms with Crippen LogP contribution in [0.3, 0.4) is 0 Å². The van der Waals surface area contributed by atoms with Crippen LogP contribution in [0, 0.1) is 0 Å². The SMILES string of the molecule is CCCN(CCCC(N)CC)CC(F)(F)F. The largest absolute Gasteiger partial charge is 0.401 e. The average Bonchev–Trinajstić information content (AvgIpc) is 2.15. The third-order valence-electron chi connectivity index (χ3n) is 2.52. The summed E-state index contributed by atoms with van der Waals surface area (Å²) in [5.74, 6) is 0. The maximum Gasteiger partial charge on any atom is 0.401 e. The molecule has 0 spiro atoms. The van der Waals surface area contributed by atoms with E-state index in [1.165, 1.54) is 4.90 Å². The summed E-state index contributed by atoms with van der Waals surface area (Å²) in [5.41, 5.74) is 5.72. The Kier molecular flexibility index (Phi) is 7.76. The zero-order valence-corrected chi connectivity index (χ0v) is 10.2. The second-order valence-electron chi connectivity index (χ2n) is 4.20. The molecule has 0 radical (unpaired) electrons. The van der Waals surface area contributed by atoms with Gasteiger partial charge in [-0.05, 0) is 38.8 Å². The molecule has 0 aliphatic carbocycles. The quantitative estimate of drug-likeness (QED) is 0.707. The van der Waals surface area contributed by atoms with Gasteiger partial charge in [0.2, 0.25) is 0 Å². The van der Waals surface area contributed by atoms with Crippen molar-refractivity contribution in [1.29, 1.82) is 0 Å². The number of halogens is 3. The molecule has 98 valence electrons. The van der Waals surface area contributed by atoms with Crippen LogP contribution < -0.4 is 5.73 Å². The van der Waals surface area contributed by atoms with Gasteiger partial charge in [0.1, 0.15) is 0 Å². The maximum atomic E-state index is 12.2. The number of rotatable bonds is 8. The van der Waals surface area contributed by atoms with Crippen LogP contribution in [0.1, 0.15) is 39.5 Å². The lowest BCUT2D eigenvalue weighted by Crippen LogP contribution is -2.36. The minimum atomic E-state index is -4.10. The van der Waals surface area contributed by atoms with Crippen molar-refractivity contribution in [2.75, 3.05) is 19.6 Å². The molecule has 0 aromatic rings. The van der Waals surface area contributed by atoms with E-state index in [4.69, 9.17) is 5.73 Å². The number of alkyl halides is 3. The molecule has 5 heteroatoms. The molecule has 1 atom stereocenters. The van der Waals surface area contributed by atoms with Gasteiger partial charge < -0.3 is 5.73 Å². The molecule has 0 fully saturated rings. The Balaban J connectivity index is 3.85. The van der Waals surface area contributed by atoms with Gasteiger partial charge in [0.15, 0.2) is 0 Å². The Hall–Kier alpha value is -0.290. The summed E-state index contributed by atoms with van der Waals surface area (Å²) in [5, 5.41) is 0. The summed E-state index contributed by atoms with van der Waals surface area (Å²) < 4.78 is 36.6. The Morgan fingerprint density at radius 1 is 1.19 bits per heavy atom. The van der Waals surface area contributed by atoms with Gasteiger partial charge in [-0.3, -0.25) is 4.90 Å². The van der Waals surface area contributed by atoms with Gasteiger partial charge in [-0.15, -0.1) is 0 Å². The van der Waals surface area contributed by atoms with Crippen molar-refractivity contribution in [3.05, 3.63) is 0 Å². The second kappa shape index (κ2) is 7.90. The fraction of sp³-hybridized carbons (Fsp3) is 1.00. The first-order valence-electron chi connectivity index (χ1n) is 5.93. The Labute approximate surface area is 96.0 Å². The number of nitrogens with zero attached hydrogens (tertiary/aromatic N) is 1. The van der Waals surface area contributed by atoms with E-state index in [9.17, 15) is 13.2 Å². The summed E-state index contributed by atoms with van der Waals surface area (Å²) in [6.45, 7) is 4.06. The number of hydrogen-bond donors (Lipinski definition) is 1. The lowest BCUT2D eigenvalue weighted by molar-refractivity contribution is -0.146. The molecule has 0 heterocycles. The predicted molar refractivity (Wildman–Crippen MR) is 60.3 cm³/mol. The highest BCUT2D eigenvalue weighted by Gasteiger charge is 2.29. The summed E-state index contributed by atoms with van der Waals surface area (Å²) in [6, 6.07) is 0.120. The van der Waals surface area contributed by atoms with Crippen LogP contribution in [0.15, 0.2) is 0 Å². The fourth-order valence-electron chi connectivity index (χ4n) is 1.62. The van der Waals surface area contributed by atoms with Crippen LogP contribution in [0.2, 0.25) is 0 Å². The minimum Gasteiger partial charge on any atom is -0.328 e. The summed E-state index contributed by atoms with van der Waals surface area (Å²) in [7, 11) is 0. The van der Waals surface area contributed by atoms with E-state index in [1.54, 1.807) is 0 Å². The summed E-state index contributed by atoms with van der Waals surface area (Å²) >= 11 is 0. The molecule has 0 saturated heterocycles. The van der Waals surface area contributed by atoms with E-state index in [2.05, 4.69) is 0 Å². The molecule has 0 amide bonds. The molecule has 16 heavy (non-hydrogen) atoms. The van der Waals surface area contributed by atoms with Crippen molar-refractivity contribution in [3.8, 4) is 0 Å². The molecule has 0 aliphatic rings. The maximum absolute atomic E-state index is 12.2. The molecule has 0 aromatic heterocycles. The van der Waals surface area contributed by atoms with Crippen LogP contribution in [0.4, 0.5) is 13.2 Å². The topological polar surface area (TPSA) is 29.3 Å². The summed E-state index contributed by atoms with van der Waals surface area (Å²) in [4.78, 5) is 1.46. The van der Waals surface area contributed by atoms with Crippen LogP contribution in [0.5, 0.6) is 0 Å². The highest BCUT2D eigenvalue weighted by Crippen LogP contribution is 2.17. The third-order valence-corrected chi connectivity index (χ3v) is 2.52. The van der Waals surface area contributed by atoms with Crippen molar-refractivity contribution in [3.63, 3.8) is 0 Å². The minimum absolute atomic E-state index is 0.120. The van der Waals surface area contributed by atoms with Gasteiger partial charge in [0, 0.05) is 6.04 Å². The predicted octanol–water partition coefficient (Wildman–Crippen LogP) is 2.78. The van der Waals surface area contributed by atoms with Gasteiger partial charge in [-0.2, -0.15) is 13.2 Å². The average molecular weight is 240 g/mol. The second-order valence-corrected chi connectivity index (χ2v) is 4.20. The van der Waals surface area contributed by atoms with Crippen LogP contribution in [-0.2, 0) is 0 Å². The monoisotopic (exact) mass is 240 g/mol. The molecular formula is C11H23F3N2. The van der Waals surface area contributed by atoms with E-state index in [-0.39, 0.29) is 6.04 Å². The van der Waals surface area contributed by atoms with Gasteiger partial charge in [-0.25, -0.2) is 0 Å². The lowest BCUT2D eigenvalue weighted by atomic mass is 10.1. The first kappa shape index (κ1) is 15.7. The molecule has 0 aliphatic heterocycles. The smallest absolute Gasteiger partial charge is 0.328 e. The van der Waals surface area contributed by atoms with Crippen molar-refractivity contribution in [2.24, 2.45) is 5.73 Å². The van der Waals surface area contributed by atoms with Crippen molar-refractivity contribution < 1.29 is 13.2 Å². The Bertz CT molecular complexity index is 171. The highest BCUT2D eigenvalue weighted by molar-refractivity contribution is 4.65. The zero-order chi connectivity index (χ0) is 12.6. The molecule has 1 unspecified atom stereocenters. The summed E-state index contributed by atoms with van der Waals surface area (Å²) in [6.07, 6.45) is -0.926. The zero-order valence-electron chi connectivity index (χ0n) is 10.2. The van der Waals surface area contributed by atoms with E-state index in [1.807, 2.05) is 13.8 Å². The van der Waals surface area contributed by atoms with Gasteiger partial charge in [0.05, 0.1) is 6.54 Å². The molecule has 0 saturated carbocycles. The molecule has 0 bridgehead atoms. The number of hydrogen-bond acceptors (Lipinski definition) is 2. The van der Waals surface area contributed by atoms with Crippen molar-refractivity contribution in [1.82, 2.24) is 4.90 Å². The molecule has 0 aromatic carbocycles. The number of nitrogens with two attached hydrogens (primary N) is 1. The Morgan fingerprint density at radius 3 is 2.25 bits per heavy atom. The Morgan fingerprint density at radius 2 is 1.81 bits per heavy atom. The lowest BCUT2D eigenvalue weighted by Gasteiger charge is -2.23. The van der Waals surface area contributed by atoms with E-state index in [0.29, 0.717) is 13.1 Å². The van der Waals surface area contributed by atoms with Gasteiger partial charge in [0.25, 0.3) is 0 Å². The van der Waals surface area contributed by atoms with Crippen LogP contribution in [0.25, 0.3) is 0 Å². The molecular weight excluding hydrogens is 217 g/mol. The normalized spacial score (nSPS) is 14.4. The first-order valence-corrected chi connectivity index (χ1v) is 5.93. The van der Waals surface area contributed by atoms with Gasteiger partial charge >= 0.3 is 6.18 Å². The van der Waals surface area contributed by atoms with E-state index in [0.717, 1.165) is 25.7 Å². The molecule has 2 N–H and O–H groups in total. The van der Waals surface area contributed by atoms with Crippen molar-refractivity contribution in [2.45, 2.75) is 51.7 Å². The standard InChI is InChI=1S/C11H23F3N2/c1-3-7-16(9-11(12,13)14)8-5-6-10(15)4-2/h10H,3-9,15H2,1-2H3. The van der Waals surface area contributed by atoms with E-state index < -0.39 is 12.7 Å².